The van der Waals surface area contributed by atoms with Gasteiger partial charge in [-0.25, -0.2) is 4.98 Å². The molecule has 5 rings (SSSR count). The summed E-state index contributed by atoms with van der Waals surface area (Å²) >= 11 is 3.37. The van der Waals surface area contributed by atoms with Crippen LogP contribution in [0.4, 0.5) is 0 Å². The van der Waals surface area contributed by atoms with Crippen molar-refractivity contribution in [3.05, 3.63) is 35.0 Å². The van der Waals surface area contributed by atoms with Gasteiger partial charge < -0.3 is 15.0 Å². The predicted molar refractivity (Wildman–Crippen MR) is 157 cm³/mol. The molecule has 0 saturated heterocycles. The van der Waals surface area contributed by atoms with E-state index in [-0.39, 0.29) is 17.9 Å². The molecule has 3 N–H and O–H groups in total. The molecular formula is C29H40N4O3S2. The number of benzene rings is 1. The smallest absolute Gasteiger partial charge is 0.290 e. The summed E-state index contributed by atoms with van der Waals surface area (Å²) in [6.07, 6.45) is 9.96. The quantitative estimate of drug-likeness (QED) is 0.214. The highest BCUT2D eigenvalue weighted by Gasteiger charge is 2.26. The fourth-order valence-corrected chi connectivity index (χ4v) is 6.93. The van der Waals surface area contributed by atoms with Crippen LogP contribution in [-0.2, 0) is 11.3 Å². The van der Waals surface area contributed by atoms with Gasteiger partial charge in [0.05, 0.1) is 27.0 Å². The van der Waals surface area contributed by atoms with Gasteiger partial charge in [-0.3, -0.25) is 14.3 Å². The number of carbonyl (C=O) groups is 2. The summed E-state index contributed by atoms with van der Waals surface area (Å²) in [6.45, 7) is 9.38. The molecular weight excluding hydrogens is 516 g/mol. The van der Waals surface area contributed by atoms with Gasteiger partial charge in [0.25, 0.3) is 12.4 Å². The molecule has 0 aliphatic heterocycles. The summed E-state index contributed by atoms with van der Waals surface area (Å²) in [7, 11) is 0. The van der Waals surface area contributed by atoms with Crippen LogP contribution in [0.2, 0.25) is 0 Å². The van der Waals surface area contributed by atoms with Crippen molar-refractivity contribution in [3.63, 3.8) is 0 Å². The van der Waals surface area contributed by atoms with Crippen LogP contribution in [0.5, 0.6) is 0 Å². The van der Waals surface area contributed by atoms with Crippen molar-refractivity contribution >= 4 is 45.9 Å². The Morgan fingerprint density at radius 2 is 1.89 bits per heavy atom. The fourth-order valence-electron chi connectivity index (χ4n) is 5.20. The van der Waals surface area contributed by atoms with E-state index >= 15 is 0 Å². The van der Waals surface area contributed by atoms with Crippen molar-refractivity contribution in [2.75, 3.05) is 0 Å². The number of carboxylic acid groups (broad SMARTS) is 1. The molecule has 2 heterocycles. The Kier molecular flexibility index (Phi) is 9.54. The highest BCUT2D eigenvalue weighted by atomic mass is 32.2. The Morgan fingerprint density at radius 1 is 1.18 bits per heavy atom. The third-order valence-electron chi connectivity index (χ3n) is 7.41. The van der Waals surface area contributed by atoms with Crippen molar-refractivity contribution in [2.24, 2.45) is 5.92 Å². The Morgan fingerprint density at radius 3 is 2.53 bits per heavy atom. The molecule has 38 heavy (non-hydrogen) atoms. The van der Waals surface area contributed by atoms with Crippen LogP contribution in [0, 0.1) is 12.8 Å². The molecule has 2 fully saturated rings. The molecule has 2 aliphatic rings. The van der Waals surface area contributed by atoms with Crippen molar-refractivity contribution in [3.8, 4) is 11.3 Å². The number of hydrogen-bond acceptors (Lipinski definition) is 6. The van der Waals surface area contributed by atoms with E-state index in [0.29, 0.717) is 12.0 Å². The predicted octanol–water partition coefficient (Wildman–Crippen LogP) is 7.03. The van der Waals surface area contributed by atoms with Crippen LogP contribution in [0.1, 0.15) is 88.2 Å². The normalized spacial score (nSPS) is 16.5. The summed E-state index contributed by atoms with van der Waals surface area (Å²) in [5.41, 5.74) is 7.16. The molecule has 0 spiro atoms. The molecule has 0 unspecified atom stereocenters. The number of fused-ring (bicyclic) bond motifs is 1. The molecule has 3 aromatic rings. The first-order valence-corrected chi connectivity index (χ1v) is 15.3. The lowest BCUT2D eigenvalue weighted by atomic mass is 9.89. The first kappa shape index (κ1) is 28.6. The molecule has 0 radical (unpaired) electrons. The largest absolute Gasteiger partial charge is 0.483 e. The molecule has 7 nitrogen and oxygen atoms in total. The minimum Gasteiger partial charge on any atom is -0.483 e. The van der Waals surface area contributed by atoms with E-state index in [1.165, 1.54) is 48.1 Å². The van der Waals surface area contributed by atoms with Crippen LogP contribution in [0.25, 0.3) is 21.5 Å². The number of thiazole rings is 1. The molecule has 1 amide bonds. The third kappa shape index (κ3) is 6.79. The van der Waals surface area contributed by atoms with E-state index in [1.807, 2.05) is 5.51 Å². The molecule has 2 aliphatic carbocycles. The van der Waals surface area contributed by atoms with E-state index in [9.17, 15) is 4.79 Å². The highest BCUT2D eigenvalue weighted by molar-refractivity contribution is 7.97. The Balaban J connectivity index is 0.00000107. The van der Waals surface area contributed by atoms with Crippen molar-refractivity contribution < 1.29 is 14.7 Å². The van der Waals surface area contributed by atoms with Gasteiger partial charge in [-0.15, -0.1) is 11.3 Å². The third-order valence-corrected chi connectivity index (χ3v) is 9.67. The number of nitrogens with zero attached hydrogens (tertiary/aromatic N) is 2. The zero-order valence-corrected chi connectivity index (χ0v) is 24.5. The van der Waals surface area contributed by atoms with Crippen molar-refractivity contribution in [1.29, 1.82) is 0 Å². The second-order valence-electron chi connectivity index (χ2n) is 11.4. The number of amides is 1. The maximum absolute atomic E-state index is 13.3. The Bertz CT molecular complexity index is 1250. The van der Waals surface area contributed by atoms with E-state index in [2.05, 4.69) is 60.5 Å². The zero-order chi connectivity index (χ0) is 27.3. The van der Waals surface area contributed by atoms with Gasteiger partial charge in [0.15, 0.2) is 0 Å². The van der Waals surface area contributed by atoms with Crippen LogP contribution < -0.4 is 10.0 Å². The topological polar surface area (TPSA) is 96.3 Å². The van der Waals surface area contributed by atoms with E-state index in [0.717, 1.165) is 47.4 Å². The lowest BCUT2D eigenvalue weighted by Crippen LogP contribution is -2.39. The number of carbonyl (C=O) groups excluding carboxylic acids is 1. The molecule has 2 saturated carbocycles. The highest BCUT2D eigenvalue weighted by Crippen LogP contribution is 2.39. The van der Waals surface area contributed by atoms with Gasteiger partial charge in [-0.2, -0.15) is 0 Å². The molecule has 9 heteroatoms. The van der Waals surface area contributed by atoms with Gasteiger partial charge in [0.2, 0.25) is 0 Å². The van der Waals surface area contributed by atoms with Gasteiger partial charge in [0, 0.05) is 34.3 Å². The minimum atomic E-state index is -0.250. The Labute approximate surface area is 233 Å². The van der Waals surface area contributed by atoms with Gasteiger partial charge >= 0.3 is 0 Å². The number of nitrogens with one attached hydrogen (secondary N) is 2. The second-order valence-corrected chi connectivity index (χ2v) is 13.1. The summed E-state index contributed by atoms with van der Waals surface area (Å²) < 4.78 is 7.16. The average molecular weight is 557 g/mol. The molecule has 0 bridgehead atoms. The summed E-state index contributed by atoms with van der Waals surface area (Å²) in [5, 5.41) is 10.2. The average Bonchev–Trinajstić information content (AvgIpc) is 3.46. The fraction of sp³-hybridized carbons (Fsp3) is 0.552. The van der Waals surface area contributed by atoms with Crippen LogP contribution in [0.15, 0.2) is 28.6 Å². The first-order valence-electron chi connectivity index (χ1n) is 13.6. The summed E-state index contributed by atoms with van der Waals surface area (Å²) in [4.78, 5) is 27.6. The van der Waals surface area contributed by atoms with Gasteiger partial charge in [-0.05, 0) is 95.9 Å². The zero-order valence-electron chi connectivity index (χ0n) is 22.9. The van der Waals surface area contributed by atoms with Gasteiger partial charge in [0.1, 0.15) is 0 Å². The van der Waals surface area contributed by atoms with E-state index in [4.69, 9.17) is 14.9 Å². The van der Waals surface area contributed by atoms with Gasteiger partial charge in [-0.1, -0.05) is 19.3 Å². The lowest BCUT2D eigenvalue weighted by Gasteiger charge is -2.26. The Hall–Kier alpha value is -2.36. The molecule has 1 aromatic carbocycles. The molecule has 2 aromatic heterocycles. The number of hydrogen-bond donors (Lipinski definition) is 3. The van der Waals surface area contributed by atoms with Crippen LogP contribution >= 0.6 is 23.3 Å². The monoisotopic (exact) mass is 556 g/mol. The minimum absolute atomic E-state index is 0.0227. The van der Waals surface area contributed by atoms with Crippen LogP contribution in [-0.4, -0.2) is 38.6 Å². The van der Waals surface area contributed by atoms with E-state index < -0.39 is 0 Å². The summed E-state index contributed by atoms with van der Waals surface area (Å²) in [6, 6.07) is 6.87. The maximum atomic E-state index is 13.3. The number of aromatic nitrogens is 2. The maximum Gasteiger partial charge on any atom is 0.290 e. The number of rotatable bonds is 7. The molecule has 0 atom stereocenters. The lowest BCUT2D eigenvalue weighted by molar-refractivity contribution is -0.122. The molecule has 206 valence electrons. The summed E-state index contributed by atoms with van der Waals surface area (Å²) in [5.74, 6) is 0.750. The van der Waals surface area contributed by atoms with Crippen molar-refractivity contribution in [1.82, 2.24) is 19.6 Å². The SMILES string of the molecule is Cc1c(C(=O)NC2CCC2)cc(-c2ccc(SNC(C)(C)C)c3scnc23)n1CC1CCCCC1.O=CO. The standard InChI is InChI=1S/C28H38N4OS2.CH2O2/c1-18-22(27(33)30-20-11-8-12-20)15-23(32(18)16-19-9-6-5-7-10-19)21-13-14-24(35-31-28(2,3)4)26-25(21)29-17-34-26;2-1-3/h13-15,17,19-20,31H,5-12,16H2,1-4H3,(H,30,33);1H,(H,2,3). The second kappa shape index (κ2) is 12.7. The van der Waals surface area contributed by atoms with Crippen LogP contribution in [0.3, 0.4) is 0 Å². The first-order chi connectivity index (χ1) is 18.2. The van der Waals surface area contributed by atoms with Crippen molar-refractivity contribution in [2.45, 2.75) is 102 Å². The van der Waals surface area contributed by atoms with E-state index in [1.54, 1.807) is 23.3 Å².